The zero-order valence-corrected chi connectivity index (χ0v) is 12.3. The molecular weight excluding hydrogens is 209 g/mol. The van der Waals surface area contributed by atoms with Crippen LogP contribution in [0.4, 0.5) is 0 Å². The first kappa shape index (κ1) is 14.3. The van der Waals surface area contributed by atoms with Crippen molar-refractivity contribution in [3.8, 4) is 0 Å². The maximum absolute atomic E-state index is 5.19. The molecule has 0 aliphatic heterocycles. The quantitative estimate of drug-likeness (QED) is 0.728. The molecule has 0 N–H and O–H groups in total. The van der Waals surface area contributed by atoms with Gasteiger partial charge in [-0.15, -0.1) is 0 Å². The Hall–Kier alpha value is -0.725. The van der Waals surface area contributed by atoms with E-state index in [1.807, 2.05) is 13.8 Å². The summed E-state index contributed by atoms with van der Waals surface area (Å²) >= 11 is 0. The Morgan fingerprint density at radius 3 is 2.12 bits per heavy atom. The molecule has 0 spiro atoms. The fourth-order valence-electron chi connectivity index (χ4n) is 1.89. The van der Waals surface area contributed by atoms with Crippen molar-refractivity contribution in [1.82, 2.24) is 5.16 Å². The Balaban J connectivity index is 2.74. The number of aromatic nitrogens is 1. The van der Waals surface area contributed by atoms with Crippen LogP contribution in [0.15, 0.2) is 4.52 Å². The minimum Gasteiger partial charge on any atom is -0.362 e. The highest BCUT2D eigenvalue weighted by Gasteiger charge is 2.35. The van der Waals surface area contributed by atoms with Gasteiger partial charge in [-0.3, -0.25) is 0 Å². The summed E-state index contributed by atoms with van der Waals surface area (Å²) in [5.41, 5.74) is 2.78. The van der Waals surface area contributed by atoms with Crippen LogP contribution in [0.3, 0.4) is 0 Å². The Labute approximate surface area is 106 Å². The minimum atomic E-state index is 0.276. The molecule has 0 aliphatic carbocycles. The van der Waals surface area contributed by atoms with Gasteiger partial charge in [-0.2, -0.15) is 0 Å². The lowest BCUT2D eigenvalue weighted by atomic mass is 9.52. The van der Waals surface area contributed by atoms with E-state index in [0.717, 1.165) is 17.8 Å². The molecule has 0 aromatic carbocycles. The zero-order chi connectivity index (χ0) is 13.3. The highest BCUT2D eigenvalue weighted by Crippen LogP contribution is 2.43. The van der Waals surface area contributed by atoms with Crippen molar-refractivity contribution in [3.05, 3.63) is 11.5 Å². The van der Waals surface area contributed by atoms with E-state index >= 15 is 0 Å². The lowest BCUT2D eigenvalue weighted by Crippen LogP contribution is -2.35. The average Bonchev–Trinajstić information content (AvgIpc) is 2.56. The molecule has 0 bridgehead atoms. The van der Waals surface area contributed by atoms with Gasteiger partial charge < -0.3 is 4.52 Å². The first-order valence-corrected chi connectivity index (χ1v) is 6.47. The van der Waals surface area contributed by atoms with Crippen molar-refractivity contribution in [3.63, 3.8) is 0 Å². The monoisotopic (exact) mass is 234 g/mol. The number of rotatable bonds is 5. The molecule has 1 rings (SSSR count). The van der Waals surface area contributed by atoms with Crippen molar-refractivity contribution in [2.24, 2.45) is 10.8 Å². The Morgan fingerprint density at radius 2 is 1.71 bits per heavy atom. The van der Waals surface area contributed by atoms with E-state index in [9.17, 15) is 0 Å². The highest BCUT2D eigenvalue weighted by atomic mass is 16.5. The normalized spacial score (nSPS) is 12.9. The molecule has 17 heavy (non-hydrogen) atoms. The molecule has 0 aliphatic rings. The number of hydrogen-bond acceptors (Lipinski definition) is 2. The van der Waals surface area contributed by atoms with Crippen LogP contribution in [-0.4, -0.2) is 12.4 Å². The molecule has 0 saturated carbocycles. The first-order valence-electron chi connectivity index (χ1n) is 6.47. The molecule has 3 heteroatoms. The summed E-state index contributed by atoms with van der Waals surface area (Å²) in [6, 6.07) is 0. The number of aryl methyl sites for hydroxylation is 2. The van der Waals surface area contributed by atoms with E-state index in [-0.39, 0.29) is 5.41 Å². The third kappa shape index (κ3) is 2.94. The summed E-state index contributed by atoms with van der Waals surface area (Å²) in [5, 5.41) is 3.99. The van der Waals surface area contributed by atoms with E-state index in [4.69, 9.17) is 4.52 Å². The minimum absolute atomic E-state index is 0.276. The second-order valence-electron chi connectivity index (χ2n) is 6.27. The van der Waals surface area contributed by atoms with Crippen LogP contribution in [0, 0.1) is 24.7 Å². The largest absolute Gasteiger partial charge is 0.362 e. The van der Waals surface area contributed by atoms with Gasteiger partial charge in [0.05, 0.1) is 5.69 Å². The van der Waals surface area contributed by atoms with Gasteiger partial charge in [-0.1, -0.05) is 52.5 Å². The molecule has 1 radical (unpaired) electrons. The third-order valence-electron chi connectivity index (χ3n) is 4.62. The lowest BCUT2D eigenvalue weighted by Gasteiger charge is -2.41. The summed E-state index contributed by atoms with van der Waals surface area (Å²) in [4.78, 5) is 0. The second kappa shape index (κ2) is 4.87. The second-order valence-corrected chi connectivity index (χ2v) is 6.27. The molecule has 1 aromatic heterocycles. The number of nitrogens with zero attached hydrogens (tertiary/aromatic N) is 1. The molecule has 0 unspecified atom stereocenters. The summed E-state index contributed by atoms with van der Waals surface area (Å²) in [6.45, 7) is 15.6. The third-order valence-corrected chi connectivity index (χ3v) is 4.62. The lowest BCUT2D eigenvalue weighted by molar-refractivity contribution is 0.127. The van der Waals surface area contributed by atoms with Crippen LogP contribution >= 0.6 is 0 Å². The predicted molar refractivity (Wildman–Crippen MR) is 74.0 cm³/mol. The maximum Gasteiger partial charge on any atom is 0.159 e. The average molecular weight is 234 g/mol. The van der Waals surface area contributed by atoms with Crippen LogP contribution in [-0.2, 0) is 0 Å². The molecule has 1 aromatic rings. The van der Waals surface area contributed by atoms with Crippen LogP contribution in [0.1, 0.15) is 52.5 Å². The van der Waals surface area contributed by atoms with Gasteiger partial charge in [0.1, 0.15) is 5.76 Å². The van der Waals surface area contributed by atoms with E-state index in [1.54, 1.807) is 0 Å². The smallest absolute Gasteiger partial charge is 0.159 e. The van der Waals surface area contributed by atoms with Crippen molar-refractivity contribution in [2.75, 3.05) is 0 Å². The molecule has 0 saturated heterocycles. The van der Waals surface area contributed by atoms with Gasteiger partial charge >= 0.3 is 0 Å². The Bertz CT molecular complexity index is 360. The molecule has 95 valence electrons. The maximum atomic E-state index is 5.19. The Kier molecular flexibility index (Phi) is 4.11. The molecule has 1 heterocycles. The van der Waals surface area contributed by atoms with Gasteiger partial charge in [0.15, 0.2) is 7.28 Å². The molecule has 0 fully saturated rings. The topological polar surface area (TPSA) is 26.0 Å². The van der Waals surface area contributed by atoms with Gasteiger partial charge in [0.25, 0.3) is 0 Å². The van der Waals surface area contributed by atoms with Crippen LogP contribution in [0.5, 0.6) is 0 Å². The molecule has 2 nitrogen and oxygen atoms in total. The van der Waals surface area contributed by atoms with E-state index in [2.05, 4.69) is 47.1 Å². The van der Waals surface area contributed by atoms with Crippen molar-refractivity contribution in [1.29, 1.82) is 0 Å². The zero-order valence-electron chi connectivity index (χ0n) is 12.3. The molecule has 0 amide bonds. The summed E-state index contributed by atoms with van der Waals surface area (Å²) in [6.07, 6.45) is 2.24. The fourth-order valence-corrected chi connectivity index (χ4v) is 1.89. The summed E-state index contributed by atoms with van der Waals surface area (Å²) in [7, 11) is 2.28. The van der Waals surface area contributed by atoms with Crippen LogP contribution < -0.4 is 5.46 Å². The van der Waals surface area contributed by atoms with Gasteiger partial charge in [0.2, 0.25) is 0 Å². The van der Waals surface area contributed by atoms with Gasteiger partial charge in [-0.25, -0.2) is 0 Å². The van der Waals surface area contributed by atoms with E-state index in [1.165, 1.54) is 11.9 Å². The summed E-state index contributed by atoms with van der Waals surface area (Å²) < 4.78 is 5.19. The molecular formula is C14H25BNO. The number of hydrogen-bond donors (Lipinski definition) is 0. The highest BCUT2D eigenvalue weighted by molar-refractivity contribution is 6.54. The van der Waals surface area contributed by atoms with Crippen molar-refractivity contribution < 1.29 is 4.52 Å². The standard InChI is InChI=1S/C14H25BNO/c1-8-13(4,5)14(6,7)9-15-12-10(2)16-17-11(12)3/h8-9H2,1-7H3. The van der Waals surface area contributed by atoms with E-state index < -0.39 is 0 Å². The fraction of sp³-hybridized carbons (Fsp3) is 0.786. The van der Waals surface area contributed by atoms with Gasteiger partial charge in [0, 0.05) is 0 Å². The molecule has 0 atom stereocenters. The SMILES string of the molecule is CCC(C)(C)C(C)(C)C[B]c1c(C)noc1C. The van der Waals surface area contributed by atoms with Gasteiger partial charge in [-0.05, 0) is 30.1 Å². The van der Waals surface area contributed by atoms with E-state index in [0.29, 0.717) is 5.41 Å². The summed E-state index contributed by atoms with van der Waals surface area (Å²) in [5.74, 6) is 0.924. The van der Waals surface area contributed by atoms with Crippen molar-refractivity contribution >= 4 is 12.7 Å². The first-order chi connectivity index (χ1) is 7.71. The Morgan fingerprint density at radius 1 is 1.12 bits per heavy atom. The van der Waals surface area contributed by atoms with Crippen molar-refractivity contribution in [2.45, 2.75) is 61.2 Å². The predicted octanol–water partition coefficient (Wildman–Crippen LogP) is 3.50. The van der Waals surface area contributed by atoms with Crippen LogP contribution in [0.25, 0.3) is 0 Å². The van der Waals surface area contributed by atoms with Crippen LogP contribution in [0.2, 0.25) is 6.32 Å².